The molecule has 2 rings (SSSR count). The molecule has 3 N–H and O–H groups in total. The Hall–Kier alpha value is -2.31. The van der Waals surface area contributed by atoms with Gasteiger partial charge in [0.25, 0.3) is 0 Å². The average Bonchev–Trinajstić information content (AvgIpc) is 2.78. The van der Waals surface area contributed by atoms with E-state index in [2.05, 4.69) is 20.4 Å². The van der Waals surface area contributed by atoms with Gasteiger partial charge in [0, 0.05) is 12.1 Å². The minimum Gasteiger partial charge on any atom is -0.481 e. The topological polar surface area (TPSA) is 99.1 Å². The van der Waals surface area contributed by atoms with Crippen molar-refractivity contribution in [2.45, 2.75) is 6.54 Å². The van der Waals surface area contributed by atoms with E-state index in [1.807, 2.05) is 0 Å². The summed E-state index contributed by atoms with van der Waals surface area (Å²) in [5, 5.41) is 6.61. The van der Waals surface area contributed by atoms with Gasteiger partial charge < -0.3 is 20.3 Å². The Morgan fingerprint density at radius 1 is 1.50 bits per heavy atom. The second kappa shape index (κ2) is 4.47. The third-order valence-electron chi connectivity index (χ3n) is 1.86. The molecular weight excluding hydrogens is 210 g/mol. The first-order chi connectivity index (χ1) is 7.78. The maximum absolute atomic E-state index is 5.51. The molecule has 16 heavy (non-hydrogen) atoms. The fourth-order valence-corrected chi connectivity index (χ4v) is 1.15. The molecule has 2 heterocycles. The van der Waals surface area contributed by atoms with Gasteiger partial charge >= 0.3 is 0 Å². The normalized spacial score (nSPS) is 10.1. The van der Waals surface area contributed by atoms with Crippen LogP contribution in [0.25, 0.3) is 0 Å². The molecule has 0 atom stereocenters. The van der Waals surface area contributed by atoms with Crippen LogP contribution in [-0.4, -0.2) is 22.2 Å². The van der Waals surface area contributed by atoms with Crippen LogP contribution in [0, 0.1) is 0 Å². The molecule has 84 valence electrons. The van der Waals surface area contributed by atoms with Gasteiger partial charge in [0.1, 0.15) is 5.82 Å². The predicted octanol–water partition coefficient (Wildman–Crippen LogP) is 0.667. The molecule has 0 radical (unpaired) electrons. The van der Waals surface area contributed by atoms with Crippen LogP contribution in [0.3, 0.4) is 0 Å². The van der Waals surface area contributed by atoms with Gasteiger partial charge in [-0.1, -0.05) is 5.16 Å². The fraction of sp³-hybridized carbons (Fsp3) is 0.222. The van der Waals surface area contributed by atoms with Crippen molar-refractivity contribution in [2.24, 2.45) is 0 Å². The second-order valence-corrected chi connectivity index (χ2v) is 2.99. The Morgan fingerprint density at radius 2 is 2.38 bits per heavy atom. The van der Waals surface area contributed by atoms with E-state index in [0.717, 1.165) is 0 Å². The Labute approximate surface area is 91.6 Å². The zero-order valence-corrected chi connectivity index (χ0v) is 8.67. The molecule has 0 spiro atoms. The Morgan fingerprint density at radius 3 is 3.06 bits per heavy atom. The quantitative estimate of drug-likeness (QED) is 0.782. The first kappa shape index (κ1) is 10.2. The van der Waals surface area contributed by atoms with Gasteiger partial charge in [-0.3, -0.25) is 0 Å². The first-order valence-electron chi connectivity index (χ1n) is 4.60. The summed E-state index contributed by atoms with van der Waals surface area (Å²) in [6, 6.07) is 3.40. The molecule has 0 saturated heterocycles. The second-order valence-electron chi connectivity index (χ2n) is 2.99. The lowest BCUT2D eigenvalue weighted by Gasteiger charge is -2.05. The van der Waals surface area contributed by atoms with E-state index in [4.69, 9.17) is 15.0 Å². The number of hydrogen-bond acceptors (Lipinski definition) is 7. The monoisotopic (exact) mass is 221 g/mol. The van der Waals surface area contributed by atoms with Gasteiger partial charge in [-0.2, -0.15) is 9.97 Å². The van der Waals surface area contributed by atoms with Crippen LogP contribution in [-0.2, 0) is 6.54 Å². The van der Waals surface area contributed by atoms with Crippen molar-refractivity contribution in [2.75, 3.05) is 18.2 Å². The number of nitrogens with zero attached hydrogens (tertiary/aromatic N) is 3. The van der Waals surface area contributed by atoms with Crippen LogP contribution in [0.15, 0.2) is 22.9 Å². The van der Waals surface area contributed by atoms with Crippen LogP contribution in [0.4, 0.5) is 11.8 Å². The van der Waals surface area contributed by atoms with Crippen molar-refractivity contribution < 1.29 is 9.26 Å². The van der Waals surface area contributed by atoms with Crippen molar-refractivity contribution >= 4 is 11.8 Å². The molecule has 0 bridgehead atoms. The van der Waals surface area contributed by atoms with Crippen LogP contribution < -0.4 is 15.8 Å². The highest BCUT2D eigenvalue weighted by Gasteiger charge is 2.03. The van der Waals surface area contributed by atoms with Crippen molar-refractivity contribution in [3.05, 3.63) is 24.1 Å². The zero-order chi connectivity index (χ0) is 11.4. The minimum atomic E-state index is 0.152. The molecule has 0 aliphatic heterocycles. The summed E-state index contributed by atoms with van der Waals surface area (Å²) >= 11 is 0. The summed E-state index contributed by atoms with van der Waals surface area (Å²) in [5.41, 5.74) is 5.51. The fourth-order valence-electron chi connectivity index (χ4n) is 1.15. The molecule has 0 amide bonds. The molecule has 0 fully saturated rings. The zero-order valence-electron chi connectivity index (χ0n) is 8.67. The van der Waals surface area contributed by atoms with E-state index in [-0.39, 0.29) is 5.95 Å². The molecular formula is C9H11N5O2. The van der Waals surface area contributed by atoms with Crippen molar-refractivity contribution in [3.8, 4) is 5.88 Å². The summed E-state index contributed by atoms with van der Waals surface area (Å²) in [6.45, 7) is 0.472. The van der Waals surface area contributed by atoms with Crippen molar-refractivity contribution in [1.29, 1.82) is 0 Å². The number of rotatable bonds is 4. The lowest BCUT2D eigenvalue weighted by atomic mass is 10.4. The highest BCUT2D eigenvalue weighted by molar-refractivity contribution is 5.42. The maximum Gasteiger partial charge on any atom is 0.225 e. The highest BCUT2D eigenvalue weighted by Crippen LogP contribution is 2.14. The van der Waals surface area contributed by atoms with Gasteiger partial charge in [0.2, 0.25) is 11.8 Å². The van der Waals surface area contributed by atoms with E-state index in [0.29, 0.717) is 24.0 Å². The summed E-state index contributed by atoms with van der Waals surface area (Å²) in [6.07, 6.45) is 1.58. The first-order valence-corrected chi connectivity index (χ1v) is 4.60. The summed E-state index contributed by atoms with van der Waals surface area (Å²) in [4.78, 5) is 7.86. The molecule has 0 unspecified atom stereocenters. The number of nitrogen functional groups attached to an aromatic ring is 1. The molecule has 0 saturated carbocycles. The van der Waals surface area contributed by atoms with Gasteiger partial charge in [0.05, 0.1) is 19.9 Å². The number of methoxy groups -OCH3 is 1. The van der Waals surface area contributed by atoms with Crippen molar-refractivity contribution in [1.82, 2.24) is 15.1 Å². The number of aromatic nitrogens is 3. The van der Waals surface area contributed by atoms with Crippen molar-refractivity contribution in [3.63, 3.8) is 0 Å². The van der Waals surface area contributed by atoms with E-state index in [9.17, 15) is 0 Å². The lowest BCUT2D eigenvalue weighted by Crippen LogP contribution is -2.04. The molecule has 0 aliphatic rings. The SMILES string of the molecule is COc1cc(NCc2ccno2)nc(N)n1. The van der Waals surface area contributed by atoms with Gasteiger partial charge in [-0.25, -0.2) is 0 Å². The summed E-state index contributed by atoms with van der Waals surface area (Å²) in [5.74, 6) is 1.84. The van der Waals surface area contributed by atoms with Crippen LogP contribution in [0.5, 0.6) is 5.88 Å². The third kappa shape index (κ3) is 2.38. The number of hydrogen-bond donors (Lipinski definition) is 2. The minimum absolute atomic E-state index is 0.152. The molecule has 7 heteroatoms. The molecule has 0 aromatic carbocycles. The standard InChI is InChI=1S/C9H11N5O2/c1-15-8-4-7(13-9(10)14-8)11-5-6-2-3-12-16-6/h2-4H,5H2,1H3,(H3,10,11,13,14). The molecule has 7 nitrogen and oxygen atoms in total. The smallest absolute Gasteiger partial charge is 0.225 e. The van der Waals surface area contributed by atoms with E-state index < -0.39 is 0 Å². The molecule has 2 aromatic rings. The maximum atomic E-state index is 5.51. The Balaban J connectivity index is 2.06. The van der Waals surface area contributed by atoms with E-state index in [1.165, 1.54) is 7.11 Å². The Kier molecular flexibility index (Phi) is 2.86. The number of nitrogens with one attached hydrogen (secondary N) is 1. The average molecular weight is 221 g/mol. The number of anilines is 2. The summed E-state index contributed by atoms with van der Waals surface area (Å²) < 4.78 is 9.89. The van der Waals surface area contributed by atoms with Crippen LogP contribution in [0.2, 0.25) is 0 Å². The highest BCUT2D eigenvalue weighted by atomic mass is 16.5. The summed E-state index contributed by atoms with van der Waals surface area (Å²) in [7, 11) is 1.52. The number of nitrogens with two attached hydrogens (primary N) is 1. The van der Waals surface area contributed by atoms with Gasteiger partial charge in [-0.15, -0.1) is 0 Å². The van der Waals surface area contributed by atoms with E-state index in [1.54, 1.807) is 18.3 Å². The third-order valence-corrected chi connectivity index (χ3v) is 1.86. The van der Waals surface area contributed by atoms with E-state index >= 15 is 0 Å². The van der Waals surface area contributed by atoms with Crippen LogP contribution >= 0.6 is 0 Å². The molecule has 2 aromatic heterocycles. The lowest BCUT2D eigenvalue weighted by molar-refractivity contribution is 0.387. The Bertz CT molecular complexity index is 457. The predicted molar refractivity (Wildman–Crippen MR) is 56.8 cm³/mol. The van der Waals surface area contributed by atoms with Gasteiger partial charge in [-0.05, 0) is 0 Å². The van der Waals surface area contributed by atoms with Crippen LogP contribution in [0.1, 0.15) is 5.76 Å². The number of ether oxygens (including phenoxy) is 1. The largest absolute Gasteiger partial charge is 0.481 e. The molecule has 0 aliphatic carbocycles. The van der Waals surface area contributed by atoms with Gasteiger partial charge in [0.15, 0.2) is 5.76 Å².